The number of benzene rings is 6. The van der Waals surface area contributed by atoms with E-state index in [0.717, 1.165) is 87.6 Å². The molecule has 7 nitrogen and oxygen atoms in total. The summed E-state index contributed by atoms with van der Waals surface area (Å²) in [6.45, 7) is 2.38. The minimum absolute atomic E-state index is 0.300. The Morgan fingerprint density at radius 3 is 2.08 bits per heavy atom. The Balaban J connectivity index is 0.883. The van der Waals surface area contributed by atoms with Gasteiger partial charge in [-0.25, -0.2) is 4.98 Å². The summed E-state index contributed by atoms with van der Waals surface area (Å²) in [5, 5.41) is 9.64. The average molecular weight is 852 g/mol. The molecule has 13 rings (SSSR count). The van der Waals surface area contributed by atoms with Crippen LogP contribution in [0.25, 0.3) is 56.3 Å². The van der Waals surface area contributed by atoms with Gasteiger partial charge in [0, 0.05) is 50.6 Å². The van der Waals surface area contributed by atoms with Gasteiger partial charge in [0.1, 0.15) is 11.3 Å². The molecule has 4 aliphatic rings. The number of para-hydroxylation sites is 1. The van der Waals surface area contributed by atoms with E-state index in [1.807, 2.05) is 18.2 Å². The molecule has 66 heavy (non-hydrogen) atoms. The number of imidazole rings is 1. The van der Waals surface area contributed by atoms with Crippen LogP contribution >= 0.6 is 0 Å². The summed E-state index contributed by atoms with van der Waals surface area (Å²) in [5.74, 6) is 1.68. The van der Waals surface area contributed by atoms with E-state index in [-0.39, 0.29) is 0 Å². The third-order valence-corrected chi connectivity index (χ3v) is 14.2. The van der Waals surface area contributed by atoms with E-state index in [2.05, 4.69) is 184 Å². The van der Waals surface area contributed by atoms with Gasteiger partial charge in [-0.2, -0.15) is 10.2 Å². The zero-order valence-corrected chi connectivity index (χ0v) is 36.6. The number of rotatable bonds is 7. The first-order valence-corrected chi connectivity index (χ1v) is 23.1. The van der Waals surface area contributed by atoms with Crippen molar-refractivity contribution in [3.63, 3.8) is 0 Å². The van der Waals surface area contributed by atoms with E-state index in [4.69, 9.17) is 15.0 Å². The van der Waals surface area contributed by atoms with Crippen LogP contribution in [0.15, 0.2) is 198 Å². The molecule has 0 radical (unpaired) electrons. The molecule has 0 bridgehead atoms. The summed E-state index contributed by atoms with van der Waals surface area (Å²) in [6.07, 6.45) is 16.6. The number of nitrogens with zero attached hydrogens (tertiary/aromatic N) is 7. The monoisotopic (exact) mass is 851 g/mol. The van der Waals surface area contributed by atoms with Gasteiger partial charge in [-0.15, -0.1) is 0 Å². The van der Waals surface area contributed by atoms with Crippen LogP contribution in [0.5, 0.6) is 0 Å². The van der Waals surface area contributed by atoms with Gasteiger partial charge in [-0.05, 0) is 89.8 Å². The molecule has 9 aromatic rings. The summed E-state index contributed by atoms with van der Waals surface area (Å²) < 4.78 is 4.60. The molecule has 6 aromatic carbocycles. The minimum atomic E-state index is -0.411. The number of allylic oxidation sites excluding steroid dienone is 5. The van der Waals surface area contributed by atoms with E-state index in [1.165, 1.54) is 44.4 Å². The SMILES string of the molecule is CC1CC=CC2=C1C[C@H](c1ccc(C3=NC(c4ccc(-n5c(-c6ccccc6)nc6cnncc65)cc4)N=C3c3ccc(-n4c5c(c6ccccc64)C=CCC5)cc3)cc1)c1ccccc12. The third kappa shape index (κ3) is 6.29. The summed E-state index contributed by atoms with van der Waals surface area (Å²) in [5.41, 5.74) is 20.8. The first-order valence-electron chi connectivity index (χ1n) is 23.1. The van der Waals surface area contributed by atoms with Crippen LogP contribution in [0.3, 0.4) is 0 Å². The van der Waals surface area contributed by atoms with Crippen molar-refractivity contribution in [3.8, 4) is 22.8 Å². The van der Waals surface area contributed by atoms with Crippen LogP contribution in [0.1, 0.15) is 82.9 Å². The summed E-state index contributed by atoms with van der Waals surface area (Å²) >= 11 is 0. The van der Waals surface area contributed by atoms with Crippen molar-refractivity contribution >= 4 is 45.0 Å². The first kappa shape index (κ1) is 38.4. The Morgan fingerprint density at radius 2 is 1.26 bits per heavy atom. The number of fused-ring (bicyclic) bond motifs is 6. The number of hydrogen-bond acceptors (Lipinski definition) is 5. The van der Waals surface area contributed by atoms with Gasteiger partial charge in [0.05, 0.1) is 34.9 Å². The molecule has 7 heteroatoms. The molecule has 4 heterocycles. The normalized spacial score (nSPS) is 18.6. The molecular formula is C59H45N7. The Labute approximate surface area is 383 Å². The quantitative estimate of drug-likeness (QED) is 0.160. The highest BCUT2D eigenvalue weighted by Gasteiger charge is 2.31. The molecule has 0 N–H and O–H groups in total. The van der Waals surface area contributed by atoms with Crippen LogP contribution < -0.4 is 0 Å². The maximum atomic E-state index is 5.45. The molecule has 3 aromatic heterocycles. The molecule has 0 saturated carbocycles. The zero-order valence-electron chi connectivity index (χ0n) is 36.6. The van der Waals surface area contributed by atoms with E-state index in [1.54, 1.807) is 18.0 Å². The molecule has 3 atom stereocenters. The fraction of sp³-hybridized carbons (Fsp3) is 0.136. The standard InChI is InChI=1S/C59H45N7/c1-37-12-11-19-46-45-15-5-6-16-47(45)51(34-50(37)46)38-22-24-39(25-23-38)56-57(40-26-30-43(31-27-40)65-53-20-9-7-17-48(53)49-18-8-10-21-54(49)65)64-58(63-56)41-28-32-44(33-29-41)66-55-36-61-60-35-52(55)62-59(66)42-13-3-2-4-14-42/h2-9,11,13-20,22-33,35-37,51,58H,10,12,21,34H2,1H3/t37?,51-,58?/m1/s1. The molecule has 2 unspecified atom stereocenters. The largest absolute Gasteiger partial charge is 0.313 e. The fourth-order valence-corrected chi connectivity index (χ4v) is 10.9. The van der Waals surface area contributed by atoms with Crippen LogP contribution in [0.2, 0.25) is 0 Å². The van der Waals surface area contributed by atoms with Gasteiger partial charge < -0.3 is 4.57 Å². The lowest BCUT2D eigenvalue weighted by Crippen LogP contribution is -2.18. The lowest BCUT2D eigenvalue weighted by Gasteiger charge is -2.34. The van der Waals surface area contributed by atoms with Gasteiger partial charge in [0.2, 0.25) is 0 Å². The smallest absolute Gasteiger partial charge is 0.166 e. The predicted octanol–water partition coefficient (Wildman–Crippen LogP) is 13.3. The van der Waals surface area contributed by atoms with E-state index >= 15 is 0 Å². The molecule has 0 amide bonds. The van der Waals surface area contributed by atoms with Crippen LogP contribution in [0.4, 0.5) is 0 Å². The molecule has 316 valence electrons. The maximum absolute atomic E-state index is 5.45. The van der Waals surface area contributed by atoms with Crippen LogP contribution in [-0.2, 0) is 6.42 Å². The van der Waals surface area contributed by atoms with Gasteiger partial charge >= 0.3 is 0 Å². The van der Waals surface area contributed by atoms with Crippen molar-refractivity contribution in [1.82, 2.24) is 24.3 Å². The van der Waals surface area contributed by atoms with Gasteiger partial charge in [0.15, 0.2) is 6.17 Å². The number of aliphatic imine (C=N–C) groups is 2. The second-order valence-corrected chi connectivity index (χ2v) is 18.0. The molecular weight excluding hydrogens is 807 g/mol. The van der Waals surface area contributed by atoms with Gasteiger partial charge in [-0.3, -0.25) is 14.6 Å². The van der Waals surface area contributed by atoms with Crippen molar-refractivity contribution < 1.29 is 0 Å². The Morgan fingerprint density at radius 1 is 0.576 bits per heavy atom. The van der Waals surface area contributed by atoms with Crippen molar-refractivity contribution in [1.29, 1.82) is 0 Å². The second kappa shape index (κ2) is 15.6. The van der Waals surface area contributed by atoms with Gasteiger partial charge in [-0.1, -0.05) is 158 Å². The maximum Gasteiger partial charge on any atom is 0.166 e. The Bertz CT molecular complexity index is 3530. The molecule has 3 aliphatic carbocycles. The summed E-state index contributed by atoms with van der Waals surface area (Å²) in [7, 11) is 0. The second-order valence-electron chi connectivity index (χ2n) is 18.0. The number of hydrogen-bond donors (Lipinski definition) is 0. The lowest BCUT2D eigenvalue weighted by atomic mass is 9.70. The highest BCUT2D eigenvalue weighted by molar-refractivity contribution is 6.54. The Hall–Kier alpha value is -8.03. The van der Waals surface area contributed by atoms with Crippen LogP contribution in [-0.4, -0.2) is 35.7 Å². The van der Waals surface area contributed by atoms with Crippen molar-refractivity contribution in [3.05, 3.63) is 232 Å². The molecule has 0 spiro atoms. The molecule has 0 fully saturated rings. The lowest BCUT2D eigenvalue weighted by molar-refractivity contribution is 0.617. The molecule has 1 aliphatic heterocycles. The average Bonchev–Trinajstić information content (AvgIpc) is 4.10. The summed E-state index contributed by atoms with van der Waals surface area (Å²) in [6, 6.07) is 54.7. The van der Waals surface area contributed by atoms with E-state index in [9.17, 15) is 0 Å². The highest BCUT2D eigenvalue weighted by Crippen LogP contribution is 2.47. The molecule has 0 saturated heterocycles. The van der Waals surface area contributed by atoms with Crippen molar-refractivity contribution in [2.45, 2.75) is 44.7 Å². The zero-order chi connectivity index (χ0) is 43.7. The fourth-order valence-electron chi connectivity index (χ4n) is 10.9. The predicted molar refractivity (Wildman–Crippen MR) is 268 cm³/mol. The Kier molecular flexibility index (Phi) is 9.08. The van der Waals surface area contributed by atoms with Gasteiger partial charge in [0.25, 0.3) is 0 Å². The minimum Gasteiger partial charge on any atom is -0.313 e. The summed E-state index contributed by atoms with van der Waals surface area (Å²) in [4.78, 5) is 15.9. The van der Waals surface area contributed by atoms with E-state index in [0.29, 0.717) is 11.8 Å². The first-order chi connectivity index (χ1) is 32.6. The van der Waals surface area contributed by atoms with Crippen LogP contribution in [0, 0.1) is 5.92 Å². The topological polar surface area (TPSA) is 73.2 Å². The number of aromatic nitrogens is 5. The third-order valence-electron chi connectivity index (χ3n) is 14.2. The van der Waals surface area contributed by atoms with Crippen molar-refractivity contribution in [2.24, 2.45) is 15.9 Å². The highest BCUT2D eigenvalue weighted by atomic mass is 15.1. The van der Waals surface area contributed by atoms with Crippen molar-refractivity contribution in [2.75, 3.05) is 0 Å². The van der Waals surface area contributed by atoms with E-state index < -0.39 is 6.17 Å².